The van der Waals surface area contributed by atoms with Crippen LogP contribution in [0.1, 0.15) is 6.92 Å². The molecule has 0 radical (unpaired) electrons. The summed E-state index contributed by atoms with van der Waals surface area (Å²) in [5, 5.41) is 8.69. The fraction of sp³-hybridized carbons (Fsp3) is 0.875. The minimum Gasteiger partial charge on any atom is 0 e. The predicted octanol–water partition coefficient (Wildman–Crippen LogP) is 0.281. The summed E-state index contributed by atoms with van der Waals surface area (Å²) >= 11 is 0. The zero-order valence-corrected chi connectivity index (χ0v) is 9.89. The summed E-state index contributed by atoms with van der Waals surface area (Å²) in [6, 6.07) is 0. The third kappa shape index (κ3) is 16.7. The molecule has 3 nitrogen and oxygen atoms in total. The fourth-order valence-corrected chi connectivity index (χ4v) is 0.993. The first-order chi connectivity index (χ1) is 4.95. The van der Waals surface area contributed by atoms with E-state index < -0.39 is 0 Å². The summed E-state index contributed by atoms with van der Waals surface area (Å²) in [5.41, 5.74) is 0. The van der Waals surface area contributed by atoms with Gasteiger partial charge >= 0.3 is 11.3 Å². The second-order valence-corrected chi connectivity index (χ2v) is 3.76. The van der Waals surface area contributed by atoms with Crippen molar-refractivity contribution in [2.75, 3.05) is 34.3 Å². The van der Waals surface area contributed by atoms with Crippen molar-refractivity contribution in [2.24, 2.45) is 5.92 Å². The van der Waals surface area contributed by atoms with Crippen LogP contribution in [0.5, 0.6) is 0 Å². The molecule has 0 saturated heterocycles. The van der Waals surface area contributed by atoms with Crippen molar-refractivity contribution in [1.82, 2.24) is 0 Å². The quantitative estimate of drug-likeness (QED) is 0.337. The molecule has 0 saturated carbocycles. The smallest absolute Gasteiger partial charge is 0 e. The first-order valence-electron chi connectivity index (χ1n) is 3.57. The molecule has 0 heterocycles. The maximum Gasteiger partial charge on any atom is 0 e. The molecule has 0 bridgehead atoms. The number of aliphatic hydroxyl groups excluding tert-OH is 1. The molecule has 0 fully saturated rings. The Labute approximate surface area is 87.8 Å². The van der Waals surface area contributed by atoms with Gasteiger partial charge in [0, 0.05) is 25.4 Å². The Morgan fingerprint density at radius 1 is 1.33 bits per heavy atom. The van der Waals surface area contributed by atoms with Gasteiger partial charge in [-0.1, -0.05) is 6.92 Å². The van der Waals surface area contributed by atoms with Crippen LogP contribution in [0, 0.1) is 12.6 Å². The molecule has 1 atom stereocenters. The van der Waals surface area contributed by atoms with Gasteiger partial charge in [-0.15, -0.1) is 0 Å². The van der Waals surface area contributed by atoms with Gasteiger partial charge in [0.05, 0.1) is 34.3 Å². The van der Waals surface area contributed by atoms with E-state index in [0.717, 1.165) is 11.0 Å². The summed E-state index contributed by atoms with van der Waals surface area (Å²) in [5.74, 6) is 0.421. The van der Waals surface area contributed by atoms with E-state index in [2.05, 4.69) is 34.7 Å². The second kappa shape index (κ2) is 9.37. The van der Waals surface area contributed by atoms with E-state index in [1.54, 1.807) is 0 Å². The number of nitrogens with zero attached hydrogens (tertiary/aromatic N) is 1. The zero-order valence-electron chi connectivity index (χ0n) is 8.15. The van der Waals surface area contributed by atoms with Gasteiger partial charge in [0.2, 0.25) is 0 Å². The first-order valence-corrected chi connectivity index (χ1v) is 3.57. The third-order valence-corrected chi connectivity index (χ3v) is 1.17. The van der Waals surface area contributed by atoms with Crippen LogP contribution in [-0.2, 0) is 24.1 Å². The van der Waals surface area contributed by atoms with E-state index in [4.69, 9.17) is 9.76 Å². The van der Waals surface area contributed by atoms with E-state index in [-0.39, 0.29) is 19.5 Å². The van der Waals surface area contributed by atoms with Crippen LogP contribution < -0.4 is 0 Å². The molecule has 12 heavy (non-hydrogen) atoms. The molecule has 0 amide bonds. The van der Waals surface area contributed by atoms with Gasteiger partial charge in [-0.05, 0) is 0 Å². The predicted molar refractivity (Wildman–Crippen MR) is 43.1 cm³/mol. The minimum atomic E-state index is 0. The summed E-state index contributed by atoms with van der Waals surface area (Å²) in [4.78, 5) is 0. The fourth-order valence-electron chi connectivity index (χ4n) is 0.993. The third-order valence-electron chi connectivity index (χ3n) is 1.17. The van der Waals surface area contributed by atoms with Crippen molar-refractivity contribution in [3.05, 3.63) is 6.65 Å². The molecule has 0 aliphatic carbocycles. The number of quaternary nitrogens is 1. The SMILES string of the molecule is CC(CO)C[N+](C)(C)C.[C-]#[O+].[Ru]. The largest absolute Gasteiger partial charge is 0 e. The van der Waals surface area contributed by atoms with Crippen LogP contribution in [-0.4, -0.2) is 43.9 Å². The van der Waals surface area contributed by atoms with Gasteiger partial charge < -0.3 is 9.59 Å². The van der Waals surface area contributed by atoms with Gasteiger partial charge in [-0.25, -0.2) is 0 Å². The van der Waals surface area contributed by atoms with Crippen LogP contribution in [0.3, 0.4) is 0 Å². The normalized spacial score (nSPS) is 11.9. The van der Waals surface area contributed by atoms with Crippen LogP contribution in [0.2, 0.25) is 0 Å². The Balaban J connectivity index is -0.000000249. The van der Waals surface area contributed by atoms with Crippen molar-refractivity contribution in [2.45, 2.75) is 6.92 Å². The summed E-state index contributed by atoms with van der Waals surface area (Å²) in [7, 11) is 6.39. The maximum absolute atomic E-state index is 8.69. The van der Waals surface area contributed by atoms with E-state index in [1.807, 2.05) is 0 Å². The molecule has 0 rings (SSSR count). The van der Waals surface area contributed by atoms with Crippen LogP contribution in [0.4, 0.5) is 0 Å². The number of aliphatic hydroxyl groups is 1. The molecule has 74 valence electrons. The van der Waals surface area contributed by atoms with Gasteiger partial charge in [0.15, 0.2) is 0 Å². The van der Waals surface area contributed by atoms with E-state index >= 15 is 0 Å². The Hall–Kier alpha value is 0.283. The Morgan fingerprint density at radius 2 is 1.67 bits per heavy atom. The molecular formula is C8H18NO2Ru+. The van der Waals surface area contributed by atoms with Crippen molar-refractivity contribution >= 4 is 0 Å². The van der Waals surface area contributed by atoms with Crippen LogP contribution >= 0.6 is 0 Å². The molecule has 0 aliphatic heterocycles. The van der Waals surface area contributed by atoms with Crippen molar-refractivity contribution in [3.63, 3.8) is 0 Å². The molecule has 0 aromatic heterocycles. The Morgan fingerprint density at radius 3 is 1.75 bits per heavy atom. The summed E-state index contributed by atoms with van der Waals surface area (Å²) in [6.07, 6.45) is 0. The average Bonchev–Trinajstić information content (AvgIpc) is 1.89. The van der Waals surface area contributed by atoms with Crippen molar-refractivity contribution < 1.29 is 33.7 Å². The number of rotatable bonds is 3. The van der Waals surface area contributed by atoms with Crippen molar-refractivity contribution in [1.29, 1.82) is 0 Å². The van der Waals surface area contributed by atoms with Gasteiger partial charge in [0.25, 0.3) is 0 Å². The Bertz CT molecular complexity index is 109. The molecule has 1 N–H and O–H groups in total. The van der Waals surface area contributed by atoms with Crippen LogP contribution in [0.15, 0.2) is 0 Å². The summed E-state index contributed by atoms with van der Waals surface area (Å²) in [6.45, 7) is 7.90. The summed E-state index contributed by atoms with van der Waals surface area (Å²) < 4.78 is 8.43. The van der Waals surface area contributed by atoms with E-state index in [1.165, 1.54) is 0 Å². The average molecular weight is 261 g/mol. The molecule has 0 aromatic rings. The van der Waals surface area contributed by atoms with E-state index in [0.29, 0.717) is 12.5 Å². The molecule has 0 aromatic carbocycles. The standard InChI is InChI=1S/C7H18NO.CO.Ru/c1-7(6-9)5-8(2,3)4;1-2;/h7,9H,5-6H2,1-4H3;;/q+1;;. The van der Waals surface area contributed by atoms with Gasteiger partial charge in [-0.3, -0.25) is 0 Å². The topological polar surface area (TPSA) is 40.1 Å². The maximum atomic E-state index is 8.69. The zero-order chi connectivity index (χ0) is 9.49. The van der Waals surface area contributed by atoms with Crippen LogP contribution in [0.25, 0.3) is 0 Å². The van der Waals surface area contributed by atoms with E-state index in [9.17, 15) is 0 Å². The number of hydrogen-bond donors (Lipinski definition) is 1. The molecular weight excluding hydrogens is 243 g/mol. The molecule has 1 unspecified atom stereocenters. The Kier molecular flexibility index (Phi) is 14.2. The second-order valence-electron chi connectivity index (χ2n) is 3.76. The molecule has 4 heteroatoms. The van der Waals surface area contributed by atoms with Gasteiger partial charge in [-0.2, -0.15) is 0 Å². The minimum absolute atomic E-state index is 0. The number of hydrogen-bond acceptors (Lipinski definition) is 1. The monoisotopic (exact) mass is 262 g/mol. The molecule has 0 aliphatic rings. The van der Waals surface area contributed by atoms with Gasteiger partial charge in [0.1, 0.15) is 0 Å². The molecule has 0 spiro atoms. The first kappa shape index (κ1) is 18.1. The van der Waals surface area contributed by atoms with Crippen molar-refractivity contribution in [3.8, 4) is 0 Å².